The van der Waals surface area contributed by atoms with Gasteiger partial charge in [-0.15, -0.1) is 0 Å². The number of halogens is 2. The summed E-state index contributed by atoms with van der Waals surface area (Å²) in [6, 6.07) is 14.0. The van der Waals surface area contributed by atoms with Crippen molar-refractivity contribution in [2.75, 3.05) is 0 Å². The zero-order valence-corrected chi connectivity index (χ0v) is 11.5. The fourth-order valence-corrected chi connectivity index (χ4v) is 2.36. The Morgan fingerprint density at radius 1 is 1.10 bits per heavy atom. The van der Waals surface area contributed by atoms with Crippen LogP contribution in [0.25, 0.3) is 0 Å². The lowest BCUT2D eigenvalue weighted by molar-refractivity contribution is 0.0859. The molecule has 20 heavy (non-hydrogen) atoms. The maximum Gasteiger partial charge on any atom is 0.137 e. The van der Waals surface area contributed by atoms with E-state index in [0.717, 1.165) is 29.7 Å². The van der Waals surface area contributed by atoms with Crippen LogP contribution in [-0.4, -0.2) is 11.8 Å². The van der Waals surface area contributed by atoms with Crippen molar-refractivity contribution >= 4 is 17.3 Å². The molecular weight excluding hydrogens is 277 g/mol. The molecule has 102 valence electrons. The number of rotatable bonds is 3. The molecule has 3 rings (SSSR count). The highest BCUT2D eigenvalue weighted by molar-refractivity contribution is 6.30. The first-order valence-electron chi connectivity index (χ1n) is 6.44. The molecule has 1 heterocycles. The second-order valence-electron chi connectivity index (χ2n) is 4.81. The van der Waals surface area contributed by atoms with Gasteiger partial charge in [0.2, 0.25) is 0 Å². The van der Waals surface area contributed by atoms with E-state index in [1.807, 2.05) is 24.3 Å². The molecule has 0 saturated heterocycles. The third-order valence-corrected chi connectivity index (χ3v) is 3.54. The van der Waals surface area contributed by atoms with Crippen LogP contribution < -0.4 is 0 Å². The summed E-state index contributed by atoms with van der Waals surface area (Å²) >= 11 is 5.87. The highest BCUT2D eigenvalue weighted by atomic mass is 35.5. The Balaban J connectivity index is 1.64. The molecule has 1 aliphatic rings. The van der Waals surface area contributed by atoms with Gasteiger partial charge in [0.15, 0.2) is 0 Å². The van der Waals surface area contributed by atoms with Gasteiger partial charge in [0.1, 0.15) is 11.9 Å². The Morgan fingerprint density at radius 2 is 1.80 bits per heavy atom. The molecule has 1 aliphatic heterocycles. The Labute approximate surface area is 121 Å². The maximum absolute atomic E-state index is 12.9. The zero-order chi connectivity index (χ0) is 13.9. The summed E-state index contributed by atoms with van der Waals surface area (Å²) in [4.78, 5) is 5.45. The third-order valence-electron chi connectivity index (χ3n) is 3.29. The minimum absolute atomic E-state index is 0.00568. The van der Waals surface area contributed by atoms with E-state index in [2.05, 4.69) is 5.16 Å². The Morgan fingerprint density at radius 3 is 2.50 bits per heavy atom. The van der Waals surface area contributed by atoms with E-state index in [1.54, 1.807) is 12.1 Å². The minimum atomic E-state index is -0.223. The van der Waals surface area contributed by atoms with Crippen LogP contribution >= 0.6 is 11.6 Å². The van der Waals surface area contributed by atoms with Crippen molar-refractivity contribution in [1.82, 2.24) is 0 Å². The zero-order valence-electron chi connectivity index (χ0n) is 10.7. The molecule has 0 unspecified atom stereocenters. The fourth-order valence-electron chi connectivity index (χ4n) is 2.23. The molecule has 2 nitrogen and oxygen atoms in total. The number of nitrogens with zero attached hydrogens (tertiary/aromatic N) is 1. The van der Waals surface area contributed by atoms with E-state index in [4.69, 9.17) is 16.4 Å². The fraction of sp³-hybridized carbons (Fsp3) is 0.188. The molecule has 4 heteroatoms. The lowest BCUT2D eigenvalue weighted by Gasteiger charge is -2.07. The van der Waals surface area contributed by atoms with Crippen molar-refractivity contribution in [3.05, 3.63) is 70.5 Å². The van der Waals surface area contributed by atoms with E-state index in [9.17, 15) is 4.39 Å². The Kier molecular flexibility index (Phi) is 3.70. The van der Waals surface area contributed by atoms with Gasteiger partial charge in [-0.05, 0) is 35.4 Å². The van der Waals surface area contributed by atoms with Gasteiger partial charge in [-0.25, -0.2) is 4.39 Å². The van der Waals surface area contributed by atoms with Crippen molar-refractivity contribution in [3.8, 4) is 0 Å². The van der Waals surface area contributed by atoms with Crippen molar-refractivity contribution < 1.29 is 9.23 Å². The summed E-state index contributed by atoms with van der Waals surface area (Å²) in [5.41, 5.74) is 2.99. The predicted octanol–water partition coefficient (Wildman–Crippen LogP) is 4.21. The average molecular weight is 290 g/mol. The molecule has 0 amide bonds. The largest absolute Gasteiger partial charge is 0.391 e. The Bertz CT molecular complexity index is 622. The first-order valence-corrected chi connectivity index (χ1v) is 6.81. The van der Waals surface area contributed by atoms with E-state index in [0.29, 0.717) is 5.02 Å². The first-order chi connectivity index (χ1) is 9.70. The molecule has 2 aromatic carbocycles. The van der Waals surface area contributed by atoms with Gasteiger partial charge in [0, 0.05) is 17.9 Å². The van der Waals surface area contributed by atoms with Gasteiger partial charge in [-0.3, -0.25) is 0 Å². The molecule has 0 spiro atoms. The standard InChI is InChI=1S/C16H13ClFNO/c17-13-5-3-12(4-6-13)16-10-15(20-19-16)9-11-1-7-14(18)8-2-11/h1-8,15H,9-10H2/t15-/m1/s1. The van der Waals surface area contributed by atoms with Crippen molar-refractivity contribution in [3.63, 3.8) is 0 Å². The molecule has 0 bridgehead atoms. The second kappa shape index (κ2) is 5.63. The van der Waals surface area contributed by atoms with Gasteiger partial charge in [-0.1, -0.05) is 41.0 Å². The molecule has 1 atom stereocenters. The minimum Gasteiger partial charge on any atom is -0.391 e. The summed E-state index contributed by atoms with van der Waals surface area (Å²) in [6.07, 6.45) is 1.48. The summed E-state index contributed by atoms with van der Waals surface area (Å²) in [6.45, 7) is 0. The smallest absolute Gasteiger partial charge is 0.137 e. The van der Waals surface area contributed by atoms with Crippen LogP contribution in [0.4, 0.5) is 4.39 Å². The van der Waals surface area contributed by atoms with Gasteiger partial charge in [0.05, 0.1) is 5.71 Å². The van der Waals surface area contributed by atoms with E-state index < -0.39 is 0 Å². The number of benzene rings is 2. The number of hydrogen-bond acceptors (Lipinski definition) is 2. The molecule has 0 N–H and O–H groups in total. The van der Waals surface area contributed by atoms with Gasteiger partial charge >= 0.3 is 0 Å². The number of hydrogen-bond donors (Lipinski definition) is 0. The van der Waals surface area contributed by atoms with Gasteiger partial charge < -0.3 is 4.84 Å². The highest BCUT2D eigenvalue weighted by Gasteiger charge is 2.22. The molecule has 0 saturated carbocycles. The second-order valence-corrected chi connectivity index (χ2v) is 5.24. The quantitative estimate of drug-likeness (QED) is 0.829. The summed E-state index contributed by atoms with van der Waals surface area (Å²) < 4.78 is 12.9. The van der Waals surface area contributed by atoms with Gasteiger partial charge in [-0.2, -0.15) is 0 Å². The van der Waals surface area contributed by atoms with Crippen LogP contribution in [0.5, 0.6) is 0 Å². The maximum atomic E-state index is 12.9. The van der Waals surface area contributed by atoms with Crippen LogP contribution in [0.2, 0.25) is 5.02 Å². The van der Waals surface area contributed by atoms with Gasteiger partial charge in [0.25, 0.3) is 0 Å². The average Bonchev–Trinajstić information content (AvgIpc) is 2.91. The van der Waals surface area contributed by atoms with Crippen molar-refractivity contribution in [1.29, 1.82) is 0 Å². The molecule has 0 radical (unpaired) electrons. The summed E-state index contributed by atoms with van der Waals surface area (Å²) in [5, 5.41) is 4.84. The topological polar surface area (TPSA) is 21.6 Å². The number of oxime groups is 1. The summed E-state index contributed by atoms with van der Waals surface area (Å²) in [7, 11) is 0. The third kappa shape index (κ3) is 2.99. The van der Waals surface area contributed by atoms with Crippen molar-refractivity contribution in [2.45, 2.75) is 18.9 Å². The van der Waals surface area contributed by atoms with Crippen LogP contribution in [0, 0.1) is 5.82 Å². The van der Waals surface area contributed by atoms with E-state index >= 15 is 0 Å². The van der Waals surface area contributed by atoms with Crippen LogP contribution in [0.3, 0.4) is 0 Å². The molecular formula is C16H13ClFNO. The Hall–Kier alpha value is -1.87. The molecule has 0 aliphatic carbocycles. The van der Waals surface area contributed by atoms with E-state index in [-0.39, 0.29) is 11.9 Å². The first kappa shape index (κ1) is 13.1. The van der Waals surface area contributed by atoms with Crippen molar-refractivity contribution in [2.24, 2.45) is 5.16 Å². The van der Waals surface area contributed by atoms with Crippen LogP contribution in [0.1, 0.15) is 17.5 Å². The normalized spacial score (nSPS) is 17.7. The lowest BCUT2D eigenvalue weighted by Crippen LogP contribution is -2.11. The molecule has 0 fully saturated rings. The SMILES string of the molecule is Fc1ccc(C[C@@H]2CC(c3ccc(Cl)cc3)=NO2)cc1. The highest BCUT2D eigenvalue weighted by Crippen LogP contribution is 2.21. The van der Waals surface area contributed by atoms with Crippen LogP contribution in [0.15, 0.2) is 53.7 Å². The van der Waals surface area contributed by atoms with E-state index in [1.165, 1.54) is 12.1 Å². The predicted molar refractivity (Wildman–Crippen MR) is 77.6 cm³/mol. The molecule has 0 aromatic heterocycles. The van der Waals surface area contributed by atoms with Crippen LogP contribution in [-0.2, 0) is 11.3 Å². The summed E-state index contributed by atoms with van der Waals surface area (Å²) in [5.74, 6) is -0.223. The lowest BCUT2D eigenvalue weighted by atomic mass is 10.0. The monoisotopic (exact) mass is 289 g/mol. The molecule has 2 aromatic rings.